The number of ether oxygens (including phenoxy) is 1. The summed E-state index contributed by atoms with van der Waals surface area (Å²) < 4.78 is 20.1. The Morgan fingerprint density at radius 1 is 1.24 bits per heavy atom. The first-order chi connectivity index (χ1) is 16.4. The van der Waals surface area contributed by atoms with Crippen LogP contribution in [0.2, 0.25) is 0 Å². The highest BCUT2D eigenvalue weighted by atomic mass is 19.1. The molecule has 5 rings (SSSR count). The van der Waals surface area contributed by atoms with Gasteiger partial charge in [0.15, 0.2) is 0 Å². The van der Waals surface area contributed by atoms with E-state index in [1.807, 2.05) is 37.4 Å². The van der Waals surface area contributed by atoms with E-state index < -0.39 is 0 Å². The van der Waals surface area contributed by atoms with E-state index in [0.717, 1.165) is 37.2 Å². The highest BCUT2D eigenvalue weighted by molar-refractivity contribution is 6.07. The zero-order valence-electron chi connectivity index (χ0n) is 20.2. The van der Waals surface area contributed by atoms with Crippen molar-refractivity contribution >= 4 is 11.7 Å². The maximum atomic E-state index is 14.1. The molecule has 6 nitrogen and oxygen atoms in total. The van der Waals surface area contributed by atoms with Crippen LogP contribution in [-0.4, -0.2) is 65.9 Å². The number of carbonyl (C=O) groups excluding carboxylic acids is 1. The maximum absolute atomic E-state index is 14.1. The zero-order chi connectivity index (χ0) is 23.8. The summed E-state index contributed by atoms with van der Waals surface area (Å²) in [4.78, 5) is 18.1. The molecule has 0 aliphatic carbocycles. The number of hydrogen-bond acceptors (Lipinski definition) is 4. The lowest BCUT2D eigenvalue weighted by Gasteiger charge is -2.38. The number of fused-ring (bicyclic) bond motifs is 3. The van der Waals surface area contributed by atoms with Gasteiger partial charge in [0, 0.05) is 31.7 Å². The van der Waals surface area contributed by atoms with Gasteiger partial charge in [-0.1, -0.05) is 30.3 Å². The van der Waals surface area contributed by atoms with Crippen molar-refractivity contribution in [1.29, 1.82) is 0 Å². The van der Waals surface area contributed by atoms with Gasteiger partial charge in [-0.2, -0.15) is 5.10 Å². The number of benzene rings is 2. The van der Waals surface area contributed by atoms with E-state index in [9.17, 15) is 9.18 Å². The quantitative estimate of drug-likeness (QED) is 0.655. The Bertz CT molecular complexity index is 1070. The molecule has 0 aromatic heterocycles. The van der Waals surface area contributed by atoms with Crippen LogP contribution in [0.25, 0.3) is 0 Å². The van der Waals surface area contributed by atoms with Crippen molar-refractivity contribution < 1.29 is 13.9 Å². The fourth-order valence-electron chi connectivity index (χ4n) is 5.54. The molecule has 3 aliphatic rings. The second-order valence-electron chi connectivity index (χ2n) is 10.0. The standard InChI is InChI=1S/C27H33FN4O2/c1-18(2)31-13-7-8-19(16-31)15-30(3)27(33)32-26(20-9-5-4-6-10-20)23-17-34-24-12-11-21(28)14-22(24)25(23)29-32/h4-6,9-12,14,18-19,23,26H,7-8,13,15-17H2,1-3H3/t19-,23+,26+/m0/s1. The molecular weight excluding hydrogens is 431 g/mol. The zero-order valence-corrected chi connectivity index (χ0v) is 20.2. The predicted octanol–water partition coefficient (Wildman–Crippen LogP) is 4.77. The minimum atomic E-state index is -0.337. The Morgan fingerprint density at radius 2 is 2.03 bits per heavy atom. The van der Waals surface area contributed by atoms with E-state index in [-0.39, 0.29) is 23.8 Å². The normalized spacial score (nSPS) is 24.3. The van der Waals surface area contributed by atoms with Crippen LogP contribution in [0.4, 0.5) is 9.18 Å². The fraction of sp³-hybridized carbons (Fsp3) is 0.481. The van der Waals surface area contributed by atoms with Crippen molar-refractivity contribution in [1.82, 2.24) is 14.8 Å². The van der Waals surface area contributed by atoms with Gasteiger partial charge < -0.3 is 14.5 Å². The summed E-state index contributed by atoms with van der Waals surface area (Å²) in [5.74, 6) is 0.564. The summed E-state index contributed by atoms with van der Waals surface area (Å²) >= 11 is 0. The van der Waals surface area contributed by atoms with E-state index in [1.165, 1.54) is 12.1 Å². The molecule has 3 atom stereocenters. The average Bonchev–Trinajstić information content (AvgIpc) is 3.24. The van der Waals surface area contributed by atoms with Crippen LogP contribution in [-0.2, 0) is 0 Å². The number of carbonyl (C=O) groups is 1. The minimum Gasteiger partial charge on any atom is -0.492 e. The molecule has 0 unspecified atom stereocenters. The molecule has 0 radical (unpaired) electrons. The lowest BCUT2D eigenvalue weighted by Crippen LogP contribution is -2.47. The van der Waals surface area contributed by atoms with Gasteiger partial charge in [0.2, 0.25) is 0 Å². The van der Waals surface area contributed by atoms with Gasteiger partial charge in [-0.25, -0.2) is 14.2 Å². The van der Waals surface area contributed by atoms with Gasteiger partial charge in [-0.15, -0.1) is 0 Å². The van der Waals surface area contributed by atoms with Gasteiger partial charge in [-0.05, 0) is 62.9 Å². The Balaban J connectivity index is 1.42. The van der Waals surface area contributed by atoms with E-state index in [4.69, 9.17) is 9.84 Å². The molecule has 3 aliphatic heterocycles. The topological polar surface area (TPSA) is 48.4 Å². The number of amides is 2. The van der Waals surface area contributed by atoms with Crippen molar-refractivity contribution in [3.63, 3.8) is 0 Å². The Hall–Kier alpha value is -2.93. The summed E-state index contributed by atoms with van der Waals surface area (Å²) in [7, 11) is 1.87. The molecule has 0 saturated carbocycles. The fourth-order valence-corrected chi connectivity index (χ4v) is 5.54. The van der Waals surface area contributed by atoms with Gasteiger partial charge >= 0.3 is 6.03 Å². The van der Waals surface area contributed by atoms with E-state index in [0.29, 0.717) is 36.4 Å². The molecule has 1 fully saturated rings. The number of nitrogens with zero attached hydrogens (tertiary/aromatic N) is 4. The lowest BCUT2D eigenvalue weighted by atomic mass is 9.86. The summed E-state index contributed by atoms with van der Waals surface area (Å²) in [5.41, 5.74) is 2.36. The van der Waals surface area contributed by atoms with Gasteiger partial charge in [0.25, 0.3) is 0 Å². The largest absolute Gasteiger partial charge is 0.492 e. The molecule has 0 N–H and O–H groups in total. The third-order valence-corrected chi connectivity index (χ3v) is 7.32. The summed E-state index contributed by atoms with van der Waals surface area (Å²) in [6.07, 6.45) is 2.28. The number of likely N-dealkylation sites (tertiary alicyclic amines) is 1. The van der Waals surface area contributed by atoms with Crippen molar-refractivity contribution in [2.45, 2.75) is 38.8 Å². The molecule has 180 valence electrons. The molecule has 0 bridgehead atoms. The number of halogens is 1. The highest BCUT2D eigenvalue weighted by Gasteiger charge is 2.46. The average molecular weight is 465 g/mol. The van der Waals surface area contributed by atoms with Crippen molar-refractivity contribution in [3.05, 3.63) is 65.5 Å². The number of hydrogen-bond donors (Lipinski definition) is 0. The molecule has 1 saturated heterocycles. The van der Waals surface area contributed by atoms with Crippen molar-refractivity contribution in [3.8, 4) is 5.75 Å². The summed E-state index contributed by atoms with van der Waals surface area (Å²) in [5, 5.41) is 6.41. The molecule has 34 heavy (non-hydrogen) atoms. The first kappa shape index (κ1) is 22.8. The van der Waals surface area contributed by atoms with Crippen LogP contribution in [0.3, 0.4) is 0 Å². The van der Waals surface area contributed by atoms with Gasteiger partial charge in [-0.3, -0.25) is 0 Å². The Kier molecular flexibility index (Phi) is 6.30. The van der Waals surface area contributed by atoms with E-state index in [2.05, 4.69) is 18.7 Å². The second-order valence-corrected chi connectivity index (χ2v) is 10.0. The minimum absolute atomic E-state index is 0.129. The van der Waals surface area contributed by atoms with Crippen LogP contribution >= 0.6 is 0 Å². The summed E-state index contributed by atoms with van der Waals surface area (Å²) in [6.45, 7) is 7.68. The van der Waals surface area contributed by atoms with Crippen LogP contribution in [0.1, 0.15) is 43.9 Å². The van der Waals surface area contributed by atoms with E-state index >= 15 is 0 Å². The monoisotopic (exact) mass is 464 g/mol. The van der Waals surface area contributed by atoms with Gasteiger partial charge in [0.1, 0.15) is 11.6 Å². The van der Waals surface area contributed by atoms with Crippen LogP contribution in [0, 0.1) is 17.7 Å². The number of urea groups is 1. The first-order valence-electron chi connectivity index (χ1n) is 12.3. The van der Waals surface area contributed by atoms with Crippen LogP contribution in [0.15, 0.2) is 53.6 Å². The molecule has 3 heterocycles. The predicted molar refractivity (Wildman–Crippen MR) is 130 cm³/mol. The number of rotatable bonds is 4. The van der Waals surface area contributed by atoms with Gasteiger partial charge in [0.05, 0.1) is 24.3 Å². The van der Waals surface area contributed by atoms with Crippen LogP contribution < -0.4 is 4.74 Å². The number of piperidine rings is 1. The molecule has 2 aromatic rings. The Morgan fingerprint density at radius 3 is 2.79 bits per heavy atom. The third kappa shape index (κ3) is 4.29. The third-order valence-electron chi connectivity index (χ3n) is 7.32. The molecule has 7 heteroatoms. The lowest BCUT2D eigenvalue weighted by molar-refractivity contribution is 0.102. The number of hydrazone groups is 1. The van der Waals surface area contributed by atoms with Crippen LogP contribution in [0.5, 0.6) is 5.75 Å². The maximum Gasteiger partial charge on any atom is 0.340 e. The SMILES string of the molecule is CC(C)N1CCC[C@@H](CN(C)C(=O)N2N=C3c4cc(F)ccc4OC[C@H]3[C@H]2c2ccccc2)C1. The van der Waals surface area contributed by atoms with E-state index in [1.54, 1.807) is 16.0 Å². The van der Waals surface area contributed by atoms with Crippen molar-refractivity contribution in [2.75, 3.05) is 33.3 Å². The first-order valence-corrected chi connectivity index (χ1v) is 12.3. The molecule has 2 amide bonds. The summed E-state index contributed by atoms with van der Waals surface area (Å²) in [6, 6.07) is 14.5. The smallest absolute Gasteiger partial charge is 0.340 e. The molecular formula is C27H33FN4O2. The second kappa shape index (κ2) is 9.37. The molecule has 0 spiro atoms. The molecule has 2 aromatic carbocycles. The highest BCUT2D eigenvalue weighted by Crippen LogP contribution is 2.43. The van der Waals surface area contributed by atoms with Crippen molar-refractivity contribution in [2.24, 2.45) is 16.9 Å². The Labute approximate surface area is 201 Å².